The molecule has 2 aliphatic rings. The summed E-state index contributed by atoms with van der Waals surface area (Å²) in [5.41, 5.74) is 0.842. The van der Waals surface area contributed by atoms with Crippen LogP contribution in [0.5, 0.6) is 5.88 Å². The van der Waals surface area contributed by atoms with Gasteiger partial charge in [0.25, 0.3) is 0 Å². The van der Waals surface area contributed by atoms with Gasteiger partial charge in [-0.25, -0.2) is 14.8 Å². The van der Waals surface area contributed by atoms with Crippen LogP contribution in [0.2, 0.25) is 0 Å². The van der Waals surface area contributed by atoms with Crippen LogP contribution in [0.1, 0.15) is 76.2 Å². The number of carbonyl (C=O) groups excluding carboxylic acids is 1. The van der Waals surface area contributed by atoms with E-state index in [1.54, 1.807) is 22.6 Å². The number of aromatic nitrogens is 2. The lowest BCUT2D eigenvalue weighted by Crippen LogP contribution is -2.43. The van der Waals surface area contributed by atoms with Gasteiger partial charge >= 0.3 is 6.09 Å². The van der Waals surface area contributed by atoms with Crippen LogP contribution >= 0.6 is 11.3 Å². The highest BCUT2D eigenvalue weighted by Gasteiger charge is 2.33. The van der Waals surface area contributed by atoms with Crippen molar-refractivity contribution in [3.63, 3.8) is 0 Å². The second kappa shape index (κ2) is 10.6. The summed E-state index contributed by atoms with van der Waals surface area (Å²) in [4.78, 5) is 25.7. The minimum absolute atomic E-state index is 0.0859. The summed E-state index contributed by atoms with van der Waals surface area (Å²) in [6, 6.07) is 0.171. The van der Waals surface area contributed by atoms with Crippen LogP contribution in [0.25, 0.3) is 10.2 Å². The topological polar surface area (TPSA) is 73.8 Å². The van der Waals surface area contributed by atoms with Crippen molar-refractivity contribution in [2.24, 2.45) is 0 Å². The van der Waals surface area contributed by atoms with E-state index in [0.29, 0.717) is 25.0 Å². The Hall–Kier alpha value is -2.19. The predicted molar refractivity (Wildman–Crippen MR) is 135 cm³/mol. The maximum absolute atomic E-state index is 12.4. The number of aryl methyl sites for hydroxylation is 1. The molecule has 0 unspecified atom stereocenters. The number of hydrogen-bond donors (Lipinski definition) is 0. The second-order valence-corrected chi connectivity index (χ2v) is 11.4. The third-order valence-electron chi connectivity index (χ3n) is 6.62. The van der Waals surface area contributed by atoms with Gasteiger partial charge in [0.1, 0.15) is 22.9 Å². The Kier molecular flexibility index (Phi) is 7.77. The fraction of sp³-hybridized carbons (Fsp3) is 0.654. The Labute approximate surface area is 206 Å². The zero-order valence-corrected chi connectivity index (χ0v) is 21.8. The number of allylic oxidation sites excluding steroid dienone is 1. The largest absolute Gasteiger partial charge is 0.474 e. The van der Waals surface area contributed by atoms with Crippen LogP contribution in [-0.2, 0) is 15.9 Å². The third-order valence-corrected chi connectivity index (χ3v) is 7.79. The van der Waals surface area contributed by atoms with E-state index >= 15 is 0 Å². The Bertz CT molecular complexity index is 1020. The summed E-state index contributed by atoms with van der Waals surface area (Å²) in [5, 5.41) is 1.08. The fourth-order valence-electron chi connectivity index (χ4n) is 4.86. The van der Waals surface area contributed by atoms with E-state index in [1.165, 1.54) is 10.4 Å². The molecule has 2 aliphatic carbocycles. The van der Waals surface area contributed by atoms with Crippen molar-refractivity contribution in [1.29, 1.82) is 0 Å². The van der Waals surface area contributed by atoms with E-state index in [9.17, 15) is 4.79 Å². The smallest absolute Gasteiger partial charge is 0.410 e. The van der Waals surface area contributed by atoms with Gasteiger partial charge in [-0.2, -0.15) is 0 Å². The van der Waals surface area contributed by atoms with E-state index in [2.05, 4.69) is 9.97 Å². The zero-order valence-electron chi connectivity index (χ0n) is 21.0. The molecule has 7 nitrogen and oxygen atoms in total. The summed E-state index contributed by atoms with van der Waals surface area (Å²) in [7, 11) is 1.83. The number of thiophene rings is 1. The molecule has 4 rings (SSSR count). The van der Waals surface area contributed by atoms with Crippen molar-refractivity contribution in [2.45, 2.75) is 89.9 Å². The average Bonchev–Trinajstić information content (AvgIpc) is 3.35. The number of nitrogens with zero attached hydrogens (tertiary/aromatic N) is 3. The minimum Gasteiger partial charge on any atom is -0.474 e. The molecule has 0 radical (unpaired) electrons. The van der Waals surface area contributed by atoms with Crippen molar-refractivity contribution in [1.82, 2.24) is 14.9 Å². The standard InChI is InChI=1S/C26H37N3O4S/c1-6-7-14-31-15-17-8-13-20-21(17)22-23(27-16-28-24(22)34-20)32-19-11-9-18(10-12-19)29(5)25(30)33-26(2,3)4/h6-7,16-19H,8-15H2,1-5H3/b7-6+/t17-,18-,19-/m1/s1. The van der Waals surface area contributed by atoms with Gasteiger partial charge in [0.05, 0.1) is 18.6 Å². The summed E-state index contributed by atoms with van der Waals surface area (Å²) in [5.74, 6) is 1.06. The van der Waals surface area contributed by atoms with Crippen LogP contribution in [0, 0.1) is 0 Å². The molecule has 1 fully saturated rings. The quantitative estimate of drug-likeness (QED) is 0.359. The molecule has 8 heteroatoms. The highest BCUT2D eigenvalue weighted by atomic mass is 32.1. The van der Waals surface area contributed by atoms with Crippen molar-refractivity contribution >= 4 is 27.6 Å². The van der Waals surface area contributed by atoms with Crippen molar-refractivity contribution in [3.8, 4) is 5.88 Å². The van der Waals surface area contributed by atoms with Crippen molar-refractivity contribution in [3.05, 3.63) is 28.9 Å². The summed E-state index contributed by atoms with van der Waals surface area (Å²) in [6.45, 7) is 9.04. The molecule has 1 saturated carbocycles. The molecule has 34 heavy (non-hydrogen) atoms. The Balaban J connectivity index is 1.41. The molecule has 186 valence electrons. The van der Waals surface area contributed by atoms with E-state index in [1.807, 2.05) is 46.9 Å². The van der Waals surface area contributed by atoms with Crippen molar-refractivity contribution in [2.75, 3.05) is 20.3 Å². The molecule has 1 atom stereocenters. The molecular weight excluding hydrogens is 450 g/mol. The van der Waals surface area contributed by atoms with Gasteiger partial charge in [0.15, 0.2) is 0 Å². The Morgan fingerprint density at radius 2 is 1.97 bits per heavy atom. The fourth-order valence-corrected chi connectivity index (χ4v) is 6.09. The monoisotopic (exact) mass is 487 g/mol. The summed E-state index contributed by atoms with van der Waals surface area (Å²) >= 11 is 1.76. The number of ether oxygens (including phenoxy) is 3. The van der Waals surface area contributed by atoms with Crippen LogP contribution in [-0.4, -0.2) is 59.0 Å². The average molecular weight is 488 g/mol. The first-order valence-electron chi connectivity index (χ1n) is 12.3. The van der Waals surface area contributed by atoms with Gasteiger partial charge in [-0.05, 0) is 71.8 Å². The van der Waals surface area contributed by atoms with Gasteiger partial charge in [-0.15, -0.1) is 11.3 Å². The normalized spacial score (nSPS) is 22.8. The lowest BCUT2D eigenvalue weighted by atomic mass is 9.92. The third kappa shape index (κ3) is 5.71. The predicted octanol–water partition coefficient (Wildman–Crippen LogP) is 5.87. The molecule has 2 aromatic rings. The number of rotatable bonds is 7. The van der Waals surface area contributed by atoms with Gasteiger partial charge in [0.2, 0.25) is 5.88 Å². The summed E-state index contributed by atoms with van der Waals surface area (Å²) in [6.07, 6.45) is 11.2. The first kappa shape index (κ1) is 24.9. The molecular formula is C26H37N3O4S. The lowest BCUT2D eigenvalue weighted by Gasteiger charge is -2.35. The first-order chi connectivity index (χ1) is 16.3. The zero-order chi connectivity index (χ0) is 24.3. The maximum Gasteiger partial charge on any atom is 0.410 e. The number of carbonyl (C=O) groups is 1. The maximum atomic E-state index is 12.4. The lowest BCUT2D eigenvalue weighted by molar-refractivity contribution is 0.0137. The molecule has 0 aliphatic heterocycles. The van der Waals surface area contributed by atoms with Gasteiger partial charge < -0.3 is 19.1 Å². The summed E-state index contributed by atoms with van der Waals surface area (Å²) < 4.78 is 17.9. The Morgan fingerprint density at radius 1 is 1.21 bits per heavy atom. The molecule has 0 spiro atoms. The highest BCUT2D eigenvalue weighted by molar-refractivity contribution is 7.19. The second-order valence-electron chi connectivity index (χ2n) is 10.3. The number of hydrogen-bond acceptors (Lipinski definition) is 7. The van der Waals surface area contributed by atoms with Crippen molar-refractivity contribution < 1.29 is 19.0 Å². The van der Waals surface area contributed by atoms with Gasteiger partial charge in [-0.1, -0.05) is 12.2 Å². The van der Waals surface area contributed by atoms with Gasteiger partial charge in [-0.3, -0.25) is 0 Å². The first-order valence-corrected chi connectivity index (χ1v) is 13.2. The van der Waals surface area contributed by atoms with Crippen LogP contribution in [0.4, 0.5) is 4.79 Å². The molecule has 0 aromatic carbocycles. The van der Waals surface area contributed by atoms with Gasteiger partial charge in [0, 0.05) is 23.9 Å². The molecule has 2 aromatic heterocycles. The Morgan fingerprint density at radius 3 is 2.68 bits per heavy atom. The molecule has 2 heterocycles. The minimum atomic E-state index is -0.486. The van der Waals surface area contributed by atoms with Crippen LogP contribution in [0.15, 0.2) is 18.5 Å². The van der Waals surface area contributed by atoms with E-state index in [-0.39, 0.29) is 18.2 Å². The number of fused-ring (bicyclic) bond motifs is 3. The highest BCUT2D eigenvalue weighted by Crippen LogP contribution is 2.46. The van der Waals surface area contributed by atoms with E-state index in [0.717, 1.165) is 48.7 Å². The van der Waals surface area contributed by atoms with Crippen LogP contribution < -0.4 is 4.74 Å². The van der Waals surface area contributed by atoms with Crippen LogP contribution in [0.3, 0.4) is 0 Å². The molecule has 0 saturated heterocycles. The number of amides is 1. The SMILES string of the molecule is C/C=C/COC[C@H]1CCc2sc3ncnc(O[C@H]4CC[C@H](N(C)C(=O)OC(C)(C)C)CC4)c3c21. The molecule has 0 bridgehead atoms. The van der Waals surface area contributed by atoms with E-state index in [4.69, 9.17) is 14.2 Å². The molecule has 0 N–H and O–H groups in total. The van der Waals surface area contributed by atoms with E-state index < -0.39 is 5.60 Å². The molecule has 1 amide bonds.